The molecule has 0 aromatic heterocycles. The van der Waals surface area contributed by atoms with E-state index in [0.29, 0.717) is 11.9 Å². The molecule has 2 bridgehead atoms. The van der Waals surface area contributed by atoms with E-state index in [2.05, 4.69) is 74.0 Å². The van der Waals surface area contributed by atoms with E-state index in [9.17, 15) is 4.79 Å². The molecule has 0 radical (unpaired) electrons. The largest absolute Gasteiger partial charge is 0.382 e. The summed E-state index contributed by atoms with van der Waals surface area (Å²) in [5.41, 5.74) is 1.30. The van der Waals surface area contributed by atoms with Gasteiger partial charge in [-0.2, -0.15) is 0 Å². The Balaban J connectivity index is 1.80. The number of rotatable bonds is 7. The van der Waals surface area contributed by atoms with Crippen molar-refractivity contribution < 1.29 is 9.53 Å². The van der Waals surface area contributed by atoms with Gasteiger partial charge in [-0.05, 0) is 36.4 Å². The normalized spacial score (nSPS) is 25.7. The van der Waals surface area contributed by atoms with E-state index in [-0.39, 0.29) is 11.1 Å². The van der Waals surface area contributed by atoms with Crippen molar-refractivity contribution >= 4 is 14.1 Å². The molecule has 5 heteroatoms. The first-order valence-electron chi connectivity index (χ1n) is 10.5. The van der Waals surface area contributed by atoms with Crippen molar-refractivity contribution in [2.45, 2.75) is 77.2 Å². The lowest BCUT2D eigenvalue weighted by Crippen LogP contribution is -2.70. The Morgan fingerprint density at radius 2 is 1.89 bits per heavy atom. The number of piperazine rings is 1. The van der Waals surface area contributed by atoms with Crippen LogP contribution in [0, 0.1) is 0 Å². The molecule has 0 aliphatic carbocycles. The Kier molecular flexibility index (Phi) is 6.13. The fraction of sp³-hybridized carbons (Fsp3) is 0.682. The number of carbonyl (C=O) groups excluding carboxylic acids is 1. The summed E-state index contributed by atoms with van der Waals surface area (Å²) < 4.78 is 8.34. The van der Waals surface area contributed by atoms with Gasteiger partial charge in [0.1, 0.15) is 0 Å². The van der Waals surface area contributed by atoms with Gasteiger partial charge >= 0.3 is 0 Å². The molecule has 1 aromatic rings. The predicted octanol–water partition coefficient (Wildman–Crippen LogP) is 4.20. The number of benzene rings is 1. The van der Waals surface area contributed by atoms with Crippen LogP contribution in [0.5, 0.6) is 0 Å². The van der Waals surface area contributed by atoms with E-state index in [1.54, 1.807) is 0 Å². The number of carbonyl (C=O) groups is 1. The minimum Gasteiger partial charge on any atom is -0.382 e. The monoisotopic (exact) mass is 388 g/mol. The first-order chi connectivity index (χ1) is 12.8. The average molecular weight is 389 g/mol. The van der Waals surface area contributed by atoms with Crippen LogP contribution in [-0.4, -0.2) is 55.1 Å². The van der Waals surface area contributed by atoms with Crippen molar-refractivity contribution in [1.29, 1.82) is 0 Å². The van der Waals surface area contributed by atoms with Gasteiger partial charge in [-0.1, -0.05) is 58.0 Å². The fourth-order valence-corrected chi connectivity index (χ4v) is 7.66. The van der Waals surface area contributed by atoms with Crippen LogP contribution >= 0.6 is 0 Å². The highest BCUT2D eigenvalue weighted by atomic mass is 28.3. The van der Waals surface area contributed by atoms with Gasteiger partial charge in [-0.3, -0.25) is 9.69 Å². The summed E-state index contributed by atoms with van der Waals surface area (Å²) in [4.78, 5) is 16.0. The molecule has 2 aliphatic heterocycles. The number of amides is 1. The molecule has 0 saturated carbocycles. The number of nitrogens with zero attached hydrogens (tertiary/aromatic N) is 2. The van der Waals surface area contributed by atoms with Crippen LogP contribution in [0.2, 0.25) is 11.6 Å². The molecular weight excluding hydrogens is 352 g/mol. The van der Waals surface area contributed by atoms with Gasteiger partial charge in [-0.15, -0.1) is 0 Å². The van der Waals surface area contributed by atoms with E-state index < -0.39 is 8.24 Å². The van der Waals surface area contributed by atoms with Crippen molar-refractivity contribution in [2.75, 3.05) is 19.4 Å². The number of ether oxygens (including phenoxy) is 1. The van der Waals surface area contributed by atoms with Gasteiger partial charge in [0.25, 0.3) is 0 Å². The predicted molar refractivity (Wildman–Crippen MR) is 113 cm³/mol. The van der Waals surface area contributed by atoms with Gasteiger partial charge in [-0.25, -0.2) is 0 Å². The van der Waals surface area contributed by atoms with Crippen LogP contribution in [0.4, 0.5) is 0 Å². The lowest BCUT2D eigenvalue weighted by molar-refractivity contribution is -0.137. The van der Waals surface area contributed by atoms with E-state index in [0.717, 1.165) is 45.2 Å². The molecule has 2 heterocycles. The smallest absolute Gasteiger partial charge is 0.232 e. The third-order valence-corrected chi connectivity index (χ3v) is 12.3. The summed E-state index contributed by atoms with van der Waals surface area (Å²) in [7, 11) is -2.08. The molecule has 27 heavy (non-hydrogen) atoms. The standard InChI is InChI=1S/C22H36N2O2Si/c1-6-14-26-17-27(5,22(2,3)4)24-16-19-12-13-20(21(24)25)23(19)15-18-10-8-7-9-11-18/h7-11,19-20H,6,12-17H2,1-5H3/t19-,20+,27?/m1/s1. The summed E-state index contributed by atoms with van der Waals surface area (Å²) in [5.74, 6) is 0.351. The van der Waals surface area contributed by atoms with Crippen molar-refractivity contribution in [3.05, 3.63) is 35.9 Å². The summed E-state index contributed by atoms with van der Waals surface area (Å²) in [6.07, 6.45) is 3.90. The van der Waals surface area contributed by atoms with Gasteiger partial charge in [0.15, 0.2) is 8.24 Å². The van der Waals surface area contributed by atoms with Crippen LogP contribution in [0.15, 0.2) is 30.3 Å². The molecule has 1 aromatic carbocycles. The summed E-state index contributed by atoms with van der Waals surface area (Å²) >= 11 is 0. The van der Waals surface area contributed by atoms with Crippen LogP contribution in [-0.2, 0) is 16.1 Å². The minimum atomic E-state index is -2.08. The third kappa shape index (κ3) is 4.01. The molecule has 3 atom stereocenters. The topological polar surface area (TPSA) is 32.8 Å². The molecule has 2 saturated heterocycles. The van der Waals surface area contributed by atoms with Crippen molar-refractivity contribution in [1.82, 2.24) is 9.47 Å². The lowest BCUT2D eigenvalue weighted by atomic mass is 10.1. The Morgan fingerprint density at radius 1 is 1.19 bits per heavy atom. The number of hydrogen-bond donors (Lipinski definition) is 0. The first kappa shape index (κ1) is 20.6. The summed E-state index contributed by atoms with van der Waals surface area (Å²) in [6, 6.07) is 11.1. The molecule has 150 valence electrons. The van der Waals surface area contributed by atoms with E-state index >= 15 is 0 Å². The fourth-order valence-electron chi connectivity index (χ4n) is 4.47. The summed E-state index contributed by atoms with van der Waals surface area (Å²) in [6.45, 7) is 13.9. The van der Waals surface area contributed by atoms with Crippen molar-refractivity contribution in [3.8, 4) is 0 Å². The number of hydrogen-bond acceptors (Lipinski definition) is 3. The molecule has 1 amide bonds. The quantitative estimate of drug-likeness (QED) is 0.518. The van der Waals surface area contributed by atoms with E-state index in [1.165, 1.54) is 5.56 Å². The highest BCUT2D eigenvalue weighted by Gasteiger charge is 2.55. The zero-order valence-corrected chi connectivity index (χ0v) is 18.7. The maximum absolute atomic E-state index is 13.6. The van der Waals surface area contributed by atoms with Gasteiger partial charge in [0.05, 0.1) is 12.3 Å². The van der Waals surface area contributed by atoms with Crippen LogP contribution in [0.25, 0.3) is 0 Å². The minimum absolute atomic E-state index is 0.0457. The zero-order chi connectivity index (χ0) is 19.7. The molecule has 2 fully saturated rings. The molecule has 2 aliphatic rings. The molecule has 0 N–H and O–H groups in total. The van der Waals surface area contributed by atoms with Gasteiger partial charge in [0, 0.05) is 25.7 Å². The van der Waals surface area contributed by atoms with Gasteiger partial charge in [0.2, 0.25) is 5.91 Å². The Morgan fingerprint density at radius 3 is 2.52 bits per heavy atom. The maximum atomic E-state index is 13.6. The van der Waals surface area contributed by atoms with Crippen molar-refractivity contribution in [3.63, 3.8) is 0 Å². The first-order valence-corrected chi connectivity index (χ1v) is 13.1. The Hall–Kier alpha value is -1.17. The van der Waals surface area contributed by atoms with Crippen molar-refractivity contribution in [2.24, 2.45) is 0 Å². The summed E-state index contributed by atoms with van der Waals surface area (Å²) in [5, 5.41) is 0.0947. The highest BCUT2D eigenvalue weighted by molar-refractivity contribution is 6.80. The van der Waals surface area contributed by atoms with E-state index in [4.69, 9.17) is 4.74 Å². The second-order valence-electron chi connectivity index (χ2n) is 9.43. The van der Waals surface area contributed by atoms with Crippen LogP contribution in [0.1, 0.15) is 52.5 Å². The van der Waals surface area contributed by atoms with Crippen LogP contribution in [0.3, 0.4) is 0 Å². The maximum Gasteiger partial charge on any atom is 0.232 e. The second-order valence-corrected chi connectivity index (χ2v) is 14.3. The molecule has 1 unspecified atom stereocenters. The molecule has 3 rings (SSSR count). The molecular formula is C22H36N2O2Si. The SMILES string of the molecule is CCCOC[Si](C)(N1C[C@H]2CC[C@@H](C1=O)N2Cc1ccccc1)C(C)(C)C. The van der Waals surface area contributed by atoms with Gasteiger partial charge < -0.3 is 9.30 Å². The Labute approximate surface area is 166 Å². The van der Waals surface area contributed by atoms with E-state index in [1.807, 2.05) is 0 Å². The molecule has 0 spiro atoms. The Bertz CT molecular complexity index is 645. The molecule has 4 nitrogen and oxygen atoms in total. The van der Waals surface area contributed by atoms with Crippen LogP contribution < -0.4 is 0 Å². The third-order valence-electron chi connectivity index (χ3n) is 6.74. The average Bonchev–Trinajstić information content (AvgIpc) is 2.92. The number of fused-ring (bicyclic) bond motifs is 2. The zero-order valence-electron chi connectivity index (χ0n) is 17.7. The lowest BCUT2D eigenvalue weighted by Gasteiger charge is -2.52. The second kappa shape index (κ2) is 8.06. The highest BCUT2D eigenvalue weighted by Crippen LogP contribution is 2.43.